The van der Waals surface area contributed by atoms with E-state index in [1.165, 1.54) is 10.6 Å². The quantitative estimate of drug-likeness (QED) is 0.823. The van der Waals surface area contributed by atoms with Gasteiger partial charge < -0.3 is 5.32 Å². The van der Waals surface area contributed by atoms with Gasteiger partial charge in [0.1, 0.15) is 0 Å². The molecule has 22 heavy (non-hydrogen) atoms. The summed E-state index contributed by atoms with van der Waals surface area (Å²) < 4.78 is 25.1. The zero-order valence-corrected chi connectivity index (χ0v) is 14.7. The highest BCUT2D eigenvalue weighted by atomic mass is 32.2. The lowest BCUT2D eigenvalue weighted by atomic mass is 10.1. The Labute approximate surface area is 135 Å². The number of hydrogen-bond acceptors (Lipinski definition) is 6. The smallest absolute Gasteiger partial charge is 0.225 e. The highest BCUT2D eigenvalue weighted by Crippen LogP contribution is 2.19. The topological polar surface area (TPSA) is 82.6 Å². The SMILES string of the molecule is CNC(=O)[C@H]1CN(Cc2scnc2C)CCN(S(C)(=O)=O)C1. The number of nitrogens with zero attached hydrogens (tertiary/aromatic N) is 3. The van der Waals surface area contributed by atoms with Gasteiger partial charge in [-0.05, 0) is 6.92 Å². The molecule has 9 heteroatoms. The maximum Gasteiger partial charge on any atom is 0.225 e. The fourth-order valence-corrected chi connectivity index (χ4v) is 4.23. The minimum Gasteiger partial charge on any atom is -0.359 e. The van der Waals surface area contributed by atoms with E-state index in [2.05, 4.69) is 15.2 Å². The molecule has 0 aliphatic carbocycles. The normalized spacial score (nSPS) is 21.5. The number of nitrogens with one attached hydrogen (secondary N) is 1. The minimum atomic E-state index is -3.30. The second-order valence-electron chi connectivity index (χ2n) is 5.53. The molecule has 1 N–H and O–H groups in total. The van der Waals surface area contributed by atoms with Crippen LogP contribution in [0.15, 0.2) is 5.51 Å². The number of amides is 1. The third-order valence-corrected chi connectivity index (χ3v) is 6.06. The zero-order valence-electron chi connectivity index (χ0n) is 13.1. The van der Waals surface area contributed by atoms with E-state index in [0.29, 0.717) is 26.2 Å². The molecule has 2 heterocycles. The molecular formula is C13H22N4O3S2. The first kappa shape index (κ1) is 17.3. The van der Waals surface area contributed by atoms with Gasteiger partial charge >= 0.3 is 0 Å². The second kappa shape index (κ2) is 7.03. The summed E-state index contributed by atoms with van der Waals surface area (Å²) in [4.78, 5) is 19.6. The fraction of sp³-hybridized carbons (Fsp3) is 0.692. The summed E-state index contributed by atoms with van der Waals surface area (Å²) in [6.45, 7) is 4.45. The number of carbonyl (C=O) groups excluding carboxylic acids is 1. The number of carbonyl (C=O) groups is 1. The predicted octanol–water partition coefficient (Wildman–Crippen LogP) is -0.109. The maximum absolute atomic E-state index is 12.0. The minimum absolute atomic E-state index is 0.124. The van der Waals surface area contributed by atoms with Crippen molar-refractivity contribution in [1.82, 2.24) is 19.5 Å². The van der Waals surface area contributed by atoms with Crippen LogP contribution >= 0.6 is 11.3 Å². The van der Waals surface area contributed by atoms with Crippen LogP contribution in [0.2, 0.25) is 0 Å². The third kappa shape index (κ3) is 4.25. The van der Waals surface area contributed by atoms with Gasteiger partial charge in [-0.2, -0.15) is 0 Å². The molecule has 0 spiro atoms. The summed E-state index contributed by atoms with van der Waals surface area (Å²) >= 11 is 1.59. The van der Waals surface area contributed by atoms with Gasteiger partial charge in [-0.3, -0.25) is 9.69 Å². The molecule has 0 aromatic carbocycles. The zero-order chi connectivity index (χ0) is 16.3. The van der Waals surface area contributed by atoms with E-state index in [1.54, 1.807) is 18.4 Å². The lowest BCUT2D eigenvalue weighted by Gasteiger charge is -2.22. The van der Waals surface area contributed by atoms with Gasteiger partial charge in [-0.15, -0.1) is 11.3 Å². The van der Waals surface area contributed by atoms with E-state index in [0.717, 1.165) is 10.6 Å². The number of sulfonamides is 1. The van der Waals surface area contributed by atoms with Gasteiger partial charge in [-0.1, -0.05) is 0 Å². The van der Waals surface area contributed by atoms with Gasteiger partial charge in [0, 0.05) is 44.6 Å². The molecule has 124 valence electrons. The standard InChI is InChI=1S/C13H22N4O3S2/c1-10-12(21-9-15-10)8-16-4-5-17(22(3,19)20)7-11(6-16)13(18)14-2/h9,11H,4-8H2,1-3H3,(H,14,18)/t11-/m0/s1. The molecule has 0 unspecified atom stereocenters. The first-order valence-electron chi connectivity index (χ1n) is 7.09. The molecule has 0 saturated carbocycles. The molecule has 0 radical (unpaired) electrons. The van der Waals surface area contributed by atoms with Crippen molar-refractivity contribution >= 4 is 27.3 Å². The van der Waals surface area contributed by atoms with Crippen LogP contribution in [0.3, 0.4) is 0 Å². The molecule has 7 nitrogen and oxygen atoms in total. The predicted molar refractivity (Wildman–Crippen MR) is 86.1 cm³/mol. The van der Waals surface area contributed by atoms with Crippen LogP contribution in [0.5, 0.6) is 0 Å². The van der Waals surface area contributed by atoms with Crippen LogP contribution in [0.4, 0.5) is 0 Å². The Balaban J connectivity index is 2.16. The van der Waals surface area contributed by atoms with Crippen molar-refractivity contribution in [3.63, 3.8) is 0 Å². The number of aromatic nitrogens is 1. The Morgan fingerprint density at radius 3 is 2.73 bits per heavy atom. The highest BCUT2D eigenvalue weighted by molar-refractivity contribution is 7.88. The molecule has 1 fully saturated rings. The van der Waals surface area contributed by atoms with Crippen LogP contribution in [-0.4, -0.2) is 68.0 Å². The number of hydrogen-bond donors (Lipinski definition) is 1. The van der Waals surface area contributed by atoms with E-state index in [9.17, 15) is 13.2 Å². The van der Waals surface area contributed by atoms with Crippen molar-refractivity contribution in [2.45, 2.75) is 13.5 Å². The van der Waals surface area contributed by atoms with Crippen molar-refractivity contribution in [1.29, 1.82) is 0 Å². The molecular weight excluding hydrogens is 324 g/mol. The third-order valence-electron chi connectivity index (χ3n) is 3.87. The van der Waals surface area contributed by atoms with Crippen molar-refractivity contribution < 1.29 is 13.2 Å². The summed E-state index contributed by atoms with van der Waals surface area (Å²) in [5.41, 5.74) is 2.80. The molecule has 1 aliphatic rings. The summed E-state index contributed by atoms with van der Waals surface area (Å²) in [6, 6.07) is 0. The van der Waals surface area contributed by atoms with Gasteiger partial charge in [0.15, 0.2) is 0 Å². The molecule has 1 aliphatic heterocycles. The van der Waals surface area contributed by atoms with Crippen LogP contribution in [0, 0.1) is 12.8 Å². The highest BCUT2D eigenvalue weighted by Gasteiger charge is 2.31. The molecule has 1 atom stereocenters. The summed E-state index contributed by atoms with van der Waals surface area (Å²) in [6.07, 6.45) is 1.19. The van der Waals surface area contributed by atoms with Crippen molar-refractivity contribution in [2.75, 3.05) is 39.5 Å². The molecule has 1 amide bonds. The molecule has 0 bridgehead atoms. The van der Waals surface area contributed by atoms with Crippen LogP contribution in [0.25, 0.3) is 0 Å². The summed E-state index contributed by atoms with van der Waals surface area (Å²) in [5.74, 6) is -0.489. The van der Waals surface area contributed by atoms with E-state index in [4.69, 9.17) is 0 Å². The van der Waals surface area contributed by atoms with Gasteiger partial charge in [-0.25, -0.2) is 17.7 Å². The number of thiazole rings is 1. The van der Waals surface area contributed by atoms with E-state index in [-0.39, 0.29) is 18.4 Å². The Morgan fingerprint density at radius 1 is 1.45 bits per heavy atom. The van der Waals surface area contributed by atoms with Crippen LogP contribution < -0.4 is 5.32 Å². The van der Waals surface area contributed by atoms with Gasteiger partial charge in [0.25, 0.3) is 0 Å². The number of aryl methyl sites for hydroxylation is 1. The second-order valence-corrected chi connectivity index (χ2v) is 8.45. The summed E-state index contributed by atoms with van der Waals surface area (Å²) in [5, 5.41) is 2.63. The maximum atomic E-state index is 12.0. The van der Waals surface area contributed by atoms with E-state index < -0.39 is 10.0 Å². The average molecular weight is 346 g/mol. The lowest BCUT2D eigenvalue weighted by Crippen LogP contribution is -2.41. The van der Waals surface area contributed by atoms with Crippen LogP contribution in [0.1, 0.15) is 10.6 Å². The van der Waals surface area contributed by atoms with Crippen molar-refractivity contribution in [3.05, 3.63) is 16.1 Å². The Hall–Kier alpha value is -1.03. The lowest BCUT2D eigenvalue weighted by molar-refractivity contribution is -0.125. The number of rotatable bonds is 4. The fourth-order valence-electron chi connectivity index (χ4n) is 2.55. The van der Waals surface area contributed by atoms with Gasteiger partial charge in [0.2, 0.25) is 15.9 Å². The largest absolute Gasteiger partial charge is 0.359 e. The monoisotopic (exact) mass is 346 g/mol. The van der Waals surface area contributed by atoms with E-state index >= 15 is 0 Å². The first-order chi connectivity index (χ1) is 10.3. The molecule has 1 saturated heterocycles. The van der Waals surface area contributed by atoms with Crippen LogP contribution in [-0.2, 0) is 21.4 Å². The Morgan fingerprint density at radius 2 is 2.18 bits per heavy atom. The molecule has 1 aromatic rings. The van der Waals surface area contributed by atoms with Gasteiger partial charge in [0.05, 0.1) is 23.4 Å². The van der Waals surface area contributed by atoms with Crippen molar-refractivity contribution in [2.24, 2.45) is 5.92 Å². The first-order valence-corrected chi connectivity index (χ1v) is 9.82. The average Bonchev–Trinajstić information content (AvgIpc) is 2.73. The Kier molecular flexibility index (Phi) is 5.54. The summed E-state index contributed by atoms with van der Waals surface area (Å²) in [7, 11) is -1.72. The molecule has 1 aromatic heterocycles. The van der Waals surface area contributed by atoms with E-state index in [1.807, 2.05) is 12.4 Å². The van der Waals surface area contributed by atoms with Crippen molar-refractivity contribution in [3.8, 4) is 0 Å². The Bertz CT molecular complexity index is 629. The molecule has 2 rings (SSSR count).